The van der Waals surface area contributed by atoms with Crippen molar-refractivity contribution in [3.8, 4) is 0 Å². The van der Waals surface area contributed by atoms with Crippen molar-refractivity contribution >= 4 is 28.7 Å². The first kappa shape index (κ1) is 12.4. The van der Waals surface area contributed by atoms with Gasteiger partial charge in [0.2, 0.25) is 11.8 Å². The average molecular weight is 256 g/mol. The van der Waals surface area contributed by atoms with Crippen molar-refractivity contribution in [2.75, 3.05) is 12.3 Å². The summed E-state index contributed by atoms with van der Waals surface area (Å²) < 4.78 is 0. The fourth-order valence-electron chi connectivity index (χ4n) is 2.33. The molecule has 2 aliphatic rings. The Kier molecular flexibility index (Phi) is 3.42. The van der Waals surface area contributed by atoms with E-state index >= 15 is 0 Å². The Morgan fingerprint density at radius 1 is 1.59 bits per heavy atom. The zero-order valence-electron chi connectivity index (χ0n) is 9.93. The lowest BCUT2D eigenvalue weighted by molar-refractivity contribution is -0.141. The van der Waals surface area contributed by atoms with E-state index in [9.17, 15) is 14.4 Å². The molecule has 17 heavy (non-hydrogen) atoms. The van der Waals surface area contributed by atoms with Gasteiger partial charge in [0.1, 0.15) is 6.04 Å². The highest BCUT2D eigenvalue weighted by Gasteiger charge is 2.46. The molecule has 2 aliphatic heterocycles. The van der Waals surface area contributed by atoms with Gasteiger partial charge in [-0.15, -0.1) is 0 Å². The van der Waals surface area contributed by atoms with E-state index < -0.39 is 0 Å². The largest absolute Gasteiger partial charge is 0.350 e. The predicted molar refractivity (Wildman–Crippen MR) is 64.4 cm³/mol. The van der Waals surface area contributed by atoms with Crippen LogP contribution in [0.5, 0.6) is 0 Å². The molecule has 2 bridgehead atoms. The third kappa shape index (κ3) is 2.46. The molecular weight excluding hydrogens is 240 g/mol. The third-order valence-electron chi connectivity index (χ3n) is 3.19. The second-order valence-electron chi connectivity index (χ2n) is 4.65. The summed E-state index contributed by atoms with van der Waals surface area (Å²) in [5.74, 6) is 0.224. The fraction of sp³-hybridized carbons (Fsp3) is 0.727. The number of thioether (sulfide) groups is 1. The molecule has 0 aliphatic carbocycles. The van der Waals surface area contributed by atoms with Crippen molar-refractivity contribution < 1.29 is 14.4 Å². The van der Waals surface area contributed by atoms with Crippen molar-refractivity contribution in [2.45, 2.75) is 32.4 Å². The molecule has 2 fully saturated rings. The van der Waals surface area contributed by atoms with Crippen LogP contribution in [0, 0.1) is 5.92 Å². The fourth-order valence-corrected chi connectivity index (χ4v) is 2.95. The van der Waals surface area contributed by atoms with Gasteiger partial charge >= 0.3 is 0 Å². The van der Waals surface area contributed by atoms with Crippen molar-refractivity contribution in [3.63, 3.8) is 0 Å². The van der Waals surface area contributed by atoms with Gasteiger partial charge in [-0.05, 0) is 6.42 Å². The minimum absolute atomic E-state index is 0.0129. The summed E-state index contributed by atoms with van der Waals surface area (Å²) in [5, 5.41) is 2.85. The van der Waals surface area contributed by atoms with E-state index in [2.05, 4.69) is 5.32 Å². The maximum Gasteiger partial charge on any atom is 0.243 e. The summed E-state index contributed by atoms with van der Waals surface area (Å²) >= 11 is 1.16. The van der Waals surface area contributed by atoms with Gasteiger partial charge in [0.25, 0.3) is 0 Å². The first-order chi connectivity index (χ1) is 7.99. The Morgan fingerprint density at radius 2 is 2.29 bits per heavy atom. The Labute approximate surface area is 104 Å². The van der Waals surface area contributed by atoms with E-state index in [1.54, 1.807) is 4.90 Å². The van der Waals surface area contributed by atoms with Crippen LogP contribution in [0.4, 0.5) is 0 Å². The van der Waals surface area contributed by atoms with Gasteiger partial charge in [-0.2, -0.15) is 0 Å². The number of hydrogen-bond donors (Lipinski definition) is 1. The molecule has 0 aromatic heterocycles. The van der Waals surface area contributed by atoms with Crippen LogP contribution in [0.2, 0.25) is 0 Å². The molecule has 0 aromatic carbocycles. The Morgan fingerprint density at radius 3 is 2.82 bits per heavy atom. The number of amides is 2. The molecule has 0 saturated carbocycles. The third-order valence-corrected chi connectivity index (χ3v) is 4.26. The lowest BCUT2D eigenvalue weighted by Gasteiger charge is -2.28. The summed E-state index contributed by atoms with van der Waals surface area (Å²) in [6.07, 6.45) is 0.733. The summed E-state index contributed by atoms with van der Waals surface area (Å²) in [4.78, 5) is 36.1. The molecule has 2 heterocycles. The van der Waals surface area contributed by atoms with Gasteiger partial charge in [-0.25, -0.2) is 0 Å². The minimum atomic E-state index is -0.280. The molecular formula is C11H16N2O3S. The van der Waals surface area contributed by atoms with Crippen LogP contribution in [0.15, 0.2) is 0 Å². The molecule has 2 saturated heterocycles. The molecule has 0 radical (unpaired) electrons. The molecule has 0 spiro atoms. The zero-order valence-corrected chi connectivity index (χ0v) is 10.8. The van der Waals surface area contributed by atoms with E-state index in [-0.39, 0.29) is 34.9 Å². The molecule has 1 unspecified atom stereocenters. The number of likely N-dealkylation sites (tertiary alicyclic amines) is 1. The molecule has 2 amide bonds. The standard InChI is InChI=1S/C11H16N2O3S/c1-6(5-17-7(2)14)11(16)13-4-8-3-9(13)10(15)12-8/h6,8-9H,3-5H2,1-2H3,(H,12,15)/t6?,8-,9-/m1/s1. The second kappa shape index (κ2) is 4.68. The number of fused-ring (bicyclic) bond motifs is 2. The smallest absolute Gasteiger partial charge is 0.243 e. The number of piperazine rings is 1. The van der Waals surface area contributed by atoms with Crippen molar-refractivity contribution in [1.82, 2.24) is 10.2 Å². The normalized spacial score (nSPS) is 28.1. The van der Waals surface area contributed by atoms with Crippen molar-refractivity contribution in [1.29, 1.82) is 0 Å². The first-order valence-corrected chi connectivity index (χ1v) is 6.72. The maximum absolute atomic E-state index is 12.1. The topological polar surface area (TPSA) is 66.5 Å². The Bertz CT molecular complexity index is 372. The molecule has 94 valence electrons. The number of hydrogen-bond acceptors (Lipinski definition) is 4. The zero-order chi connectivity index (χ0) is 12.6. The first-order valence-electron chi connectivity index (χ1n) is 5.73. The highest BCUT2D eigenvalue weighted by atomic mass is 32.2. The number of rotatable bonds is 3. The lowest BCUT2D eigenvalue weighted by atomic mass is 10.1. The van der Waals surface area contributed by atoms with Crippen molar-refractivity contribution in [2.24, 2.45) is 5.92 Å². The van der Waals surface area contributed by atoms with Gasteiger partial charge in [0.15, 0.2) is 5.12 Å². The molecule has 2 rings (SSSR count). The monoisotopic (exact) mass is 256 g/mol. The van der Waals surface area contributed by atoms with Crippen LogP contribution in [0.25, 0.3) is 0 Å². The lowest BCUT2D eigenvalue weighted by Crippen LogP contribution is -2.51. The number of carbonyl (C=O) groups is 3. The Balaban J connectivity index is 1.92. The number of nitrogens with one attached hydrogen (secondary N) is 1. The molecule has 3 atom stereocenters. The molecule has 6 heteroatoms. The van der Waals surface area contributed by atoms with Gasteiger partial charge < -0.3 is 10.2 Å². The highest BCUT2D eigenvalue weighted by molar-refractivity contribution is 8.13. The predicted octanol–water partition coefficient (Wildman–Crippen LogP) is 0.00150. The van der Waals surface area contributed by atoms with E-state index in [1.807, 2.05) is 6.92 Å². The summed E-state index contributed by atoms with van der Waals surface area (Å²) in [7, 11) is 0. The summed E-state index contributed by atoms with van der Waals surface area (Å²) in [6, 6.07) is -0.151. The second-order valence-corrected chi connectivity index (χ2v) is 5.85. The van der Waals surface area contributed by atoms with Gasteiger partial charge in [-0.1, -0.05) is 18.7 Å². The number of carbonyl (C=O) groups excluding carboxylic acids is 3. The van der Waals surface area contributed by atoms with Crippen LogP contribution in [0.3, 0.4) is 0 Å². The van der Waals surface area contributed by atoms with Crippen LogP contribution in [0.1, 0.15) is 20.3 Å². The molecule has 0 aromatic rings. The van der Waals surface area contributed by atoms with Gasteiger partial charge in [-0.3, -0.25) is 14.4 Å². The molecule has 5 nitrogen and oxygen atoms in total. The molecule has 1 N–H and O–H groups in total. The van der Waals surface area contributed by atoms with Crippen molar-refractivity contribution in [3.05, 3.63) is 0 Å². The van der Waals surface area contributed by atoms with Gasteiger partial charge in [0.05, 0.1) is 0 Å². The quantitative estimate of drug-likeness (QED) is 0.772. The Hall–Kier alpha value is -1.04. The van der Waals surface area contributed by atoms with Gasteiger partial charge in [0, 0.05) is 31.2 Å². The summed E-state index contributed by atoms with van der Waals surface area (Å²) in [6.45, 7) is 3.92. The van der Waals surface area contributed by atoms with E-state index in [0.717, 1.165) is 18.2 Å². The average Bonchev–Trinajstić information content (AvgIpc) is 2.83. The van der Waals surface area contributed by atoms with Crippen LogP contribution in [-0.2, 0) is 14.4 Å². The summed E-state index contributed by atoms with van der Waals surface area (Å²) in [5.41, 5.74) is 0. The van der Waals surface area contributed by atoms with E-state index in [0.29, 0.717) is 12.3 Å². The van der Waals surface area contributed by atoms with Crippen LogP contribution < -0.4 is 5.32 Å². The minimum Gasteiger partial charge on any atom is -0.350 e. The van der Waals surface area contributed by atoms with E-state index in [1.165, 1.54) is 6.92 Å². The van der Waals surface area contributed by atoms with Crippen LogP contribution in [-0.4, -0.2) is 46.2 Å². The maximum atomic E-state index is 12.1. The highest BCUT2D eigenvalue weighted by Crippen LogP contribution is 2.26. The van der Waals surface area contributed by atoms with E-state index in [4.69, 9.17) is 0 Å². The number of nitrogens with zero attached hydrogens (tertiary/aromatic N) is 1. The SMILES string of the molecule is CC(=O)SCC(C)C(=O)N1C[C@H]2C[C@@H]1C(=O)N2. The van der Waals surface area contributed by atoms with Crippen LogP contribution >= 0.6 is 11.8 Å².